The summed E-state index contributed by atoms with van der Waals surface area (Å²) in [4.78, 5) is 43.9. The highest BCUT2D eigenvalue weighted by atomic mass is 32.1. The predicted molar refractivity (Wildman–Crippen MR) is 107 cm³/mol. The first-order valence-electron chi connectivity index (χ1n) is 8.69. The van der Waals surface area contributed by atoms with Gasteiger partial charge in [-0.2, -0.15) is 0 Å². The number of para-hydroxylation sites is 1. The monoisotopic (exact) mass is 432 g/mol. The molecular weight excluding hydrogens is 415 g/mol. The lowest BCUT2D eigenvalue weighted by Crippen LogP contribution is -2.37. The van der Waals surface area contributed by atoms with Gasteiger partial charge in [-0.05, 0) is 18.1 Å². The van der Waals surface area contributed by atoms with Crippen LogP contribution in [0.25, 0.3) is 0 Å². The van der Waals surface area contributed by atoms with Crippen molar-refractivity contribution in [2.24, 2.45) is 10.9 Å². The summed E-state index contributed by atoms with van der Waals surface area (Å²) in [7, 11) is -1.41. The number of rotatable bonds is 8. The van der Waals surface area contributed by atoms with Crippen molar-refractivity contribution in [1.29, 1.82) is 0 Å². The number of benzene rings is 1. The first kappa shape index (κ1) is 21.3. The Balaban J connectivity index is 1.81. The summed E-state index contributed by atoms with van der Waals surface area (Å²) in [6.45, 7) is -0.531. The van der Waals surface area contributed by atoms with E-state index in [0.29, 0.717) is 5.56 Å². The number of primary amides is 1. The van der Waals surface area contributed by atoms with Crippen molar-refractivity contribution in [2.45, 2.75) is 18.7 Å². The van der Waals surface area contributed by atoms with Gasteiger partial charge in [0.25, 0.3) is 5.91 Å². The van der Waals surface area contributed by atoms with E-state index in [-0.39, 0.29) is 40.7 Å². The molecule has 2 aromatic rings. The fourth-order valence-corrected chi connectivity index (χ4v) is 3.51. The number of ketones is 1. The molecule has 11 nitrogen and oxygen atoms in total. The Morgan fingerprint density at radius 3 is 2.80 bits per heavy atom. The van der Waals surface area contributed by atoms with E-state index in [1.165, 1.54) is 11.4 Å². The van der Waals surface area contributed by atoms with Crippen LogP contribution >= 0.6 is 11.3 Å². The molecule has 1 aliphatic heterocycles. The normalized spacial score (nSPS) is 15.8. The number of oxime groups is 1. The second-order valence-corrected chi connectivity index (χ2v) is 7.34. The van der Waals surface area contributed by atoms with Gasteiger partial charge in [0.15, 0.2) is 23.2 Å². The summed E-state index contributed by atoms with van der Waals surface area (Å²) in [6.07, 6.45) is 0.00604. The summed E-state index contributed by atoms with van der Waals surface area (Å²) >= 11 is 1.09. The van der Waals surface area contributed by atoms with Gasteiger partial charge < -0.3 is 31.1 Å². The van der Waals surface area contributed by atoms with E-state index >= 15 is 0 Å². The highest BCUT2D eigenvalue weighted by molar-refractivity contribution is 7.13. The Bertz CT molecular complexity index is 1030. The van der Waals surface area contributed by atoms with Gasteiger partial charge in [0.2, 0.25) is 0 Å². The fraction of sp³-hybridized carbons (Fsp3) is 0.235. The van der Waals surface area contributed by atoms with Gasteiger partial charge in [0, 0.05) is 17.6 Å². The molecule has 0 saturated carbocycles. The van der Waals surface area contributed by atoms with Crippen LogP contribution in [0.5, 0.6) is 5.75 Å². The van der Waals surface area contributed by atoms with Gasteiger partial charge in [-0.3, -0.25) is 9.59 Å². The molecule has 0 unspecified atom stereocenters. The highest BCUT2D eigenvalue weighted by Crippen LogP contribution is 2.36. The molecule has 0 bridgehead atoms. The summed E-state index contributed by atoms with van der Waals surface area (Å²) in [5.41, 5.74) is 11.1. The highest BCUT2D eigenvalue weighted by Gasteiger charge is 2.38. The topological polar surface area (TPSA) is 187 Å². The lowest BCUT2D eigenvalue weighted by molar-refractivity contribution is -0.122. The first-order valence-corrected chi connectivity index (χ1v) is 9.57. The maximum Gasteiger partial charge on any atom is 0.526 e. The zero-order chi connectivity index (χ0) is 21.8. The molecule has 1 atom stereocenters. The second kappa shape index (κ2) is 8.92. The molecule has 30 heavy (non-hydrogen) atoms. The number of hydrogen-bond donors (Lipinski definition) is 4. The Kier molecular flexibility index (Phi) is 6.33. The number of carbonyl (C=O) groups is 3. The third-order valence-electron chi connectivity index (χ3n) is 4.29. The molecule has 0 radical (unpaired) electrons. The zero-order valence-corrected chi connectivity index (χ0v) is 16.3. The van der Waals surface area contributed by atoms with Crippen molar-refractivity contribution in [3.8, 4) is 5.75 Å². The number of anilines is 1. The molecule has 1 aromatic carbocycles. The van der Waals surface area contributed by atoms with E-state index in [0.717, 1.165) is 11.3 Å². The summed E-state index contributed by atoms with van der Waals surface area (Å²) < 4.78 is 5.40. The Morgan fingerprint density at radius 1 is 1.40 bits per heavy atom. The van der Waals surface area contributed by atoms with Crippen molar-refractivity contribution >= 4 is 47.0 Å². The average molecular weight is 432 g/mol. The van der Waals surface area contributed by atoms with Crippen LogP contribution in [0.3, 0.4) is 0 Å². The van der Waals surface area contributed by atoms with Crippen LogP contribution in [0.15, 0.2) is 28.7 Å². The summed E-state index contributed by atoms with van der Waals surface area (Å²) in [6, 6.07) is 4.59. The van der Waals surface area contributed by atoms with E-state index in [9.17, 15) is 24.5 Å². The van der Waals surface area contributed by atoms with Crippen molar-refractivity contribution < 1.29 is 34.0 Å². The van der Waals surface area contributed by atoms with Gasteiger partial charge in [0.05, 0.1) is 5.56 Å². The first-order chi connectivity index (χ1) is 14.3. The number of amides is 1. The lowest BCUT2D eigenvalue weighted by atomic mass is 9.64. The number of carboxylic acid groups (broad SMARTS) is 1. The fourth-order valence-electron chi connectivity index (χ4n) is 2.96. The number of nitrogens with two attached hydrogens (primary N) is 2. The van der Waals surface area contributed by atoms with Crippen molar-refractivity contribution in [3.05, 3.63) is 40.4 Å². The molecular formula is C17H17BN4O7S. The van der Waals surface area contributed by atoms with Crippen LogP contribution < -0.4 is 16.1 Å². The van der Waals surface area contributed by atoms with Crippen molar-refractivity contribution in [1.82, 2.24) is 4.98 Å². The maximum atomic E-state index is 12.9. The van der Waals surface area contributed by atoms with Gasteiger partial charge in [0.1, 0.15) is 11.4 Å². The minimum absolute atomic E-state index is 0.0728. The Morgan fingerprint density at radius 2 is 2.17 bits per heavy atom. The summed E-state index contributed by atoms with van der Waals surface area (Å²) in [5, 5.41) is 25.0. The van der Waals surface area contributed by atoms with Gasteiger partial charge in [-0.1, -0.05) is 17.3 Å². The van der Waals surface area contributed by atoms with Crippen LogP contribution in [0.1, 0.15) is 28.0 Å². The zero-order valence-electron chi connectivity index (χ0n) is 15.5. The van der Waals surface area contributed by atoms with E-state index < -0.39 is 37.2 Å². The quantitative estimate of drug-likeness (QED) is 0.254. The van der Waals surface area contributed by atoms with E-state index in [4.69, 9.17) is 21.0 Å². The molecule has 0 fully saturated rings. The van der Waals surface area contributed by atoms with E-state index in [1.54, 1.807) is 12.1 Å². The third-order valence-corrected chi connectivity index (χ3v) is 4.96. The number of aromatic carboxylic acids is 1. The number of thiazole rings is 1. The minimum Gasteiger partial charge on any atom is -0.535 e. The number of carbonyl (C=O) groups excluding carboxylic acids is 2. The van der Waals surface area contributed by atoms with Crippen LogP contribution in [-0.4, -0.2) is 52.2 Å². The number of aromatic nitrogens is 1. The molecule has 156 valence electrons. The number of nitrogens with zero attached hydrogens (tertiary/aromatic N) is 2. The van der Waals surface area contributed by atoms with Gasteiger partial charge >= 0.3 is 13.1 Å². The number of nitrogen functional groups attached to an aromatic ring is 1. The molecule has 0 aliphatic carbocycles. The smallest absolute Gasteiger partial charge is 0.526 e. The minimum atomic E-state index is -1.41. The molecule has 1 aromatic heterocycles. The van der Waals surface area contributed by atoms with Crippen molar-refractivity contribution in [3.63, 3.8) is 0 Å². The SMILES string of the molecule is NC(=O)CO/N=C(\C(=O)C[C@H]1Cc2cccc(C(=O)O)c2OB1O)c1csc(N)n1. The van der Waals surface area contributed by atoms with Crippen molar-refractivity contribution in [2.75, 3.05) is 12.3 Å². The molecule has 0 saturated heterocycles. The standard InChI is InChI=1S/C17H17BN4O7S/c19-13(24)6-28-22-14(11-7-30-17(20)21-11)12(23)5-9-4-8-2-1-3-10(16(25)26)15(8)29-18(9)27/h1-3,7,9,27H,4-6H2,(H2,19,24)(H2,20,21)(H,25,26)/b22-14-/t9-/m1/s1. The lowest BCUT2D eigenvalue weighted by Gasteiger charge is -2.27. The van der Waals surface area contributed by atoms with Crippen LogP contribution in [0.2, 0.25) is 5.82 Å². The Labute approximate surface area is 174 Å². The molecule has 6 N–H and O–H groups in total. The molecule has 3 rings (SSSR count). The Hall–Kier alpha value is -3.45. The number of Topliss-reactive ketones (excluding diaryl/α,β-unsaturated/α-hetero) is 1. The largest absolute Gasteiger partial charge is 0.535 e. The predicted octanol–water partition coefficient (Wildman–Crippen LogP) is 0.0745. The van der Waals surface area contributed by atoms with Gasteiger partial charge in [-0.25, -0.2) is 9.78 Å². The summed E-state index contributed by atoms with van der Waals surface area (Å²) in [5.74, 6) is -3.09. The molecule has 0 spiro atoms. The maximum absolute atomic E-state index is 12.9. The number of fused-ring (bicyclic) bond motifs is 1. The number of hydrogen-bond acceptors (Lipinski definition) is 10. The average Bonchev–Trinajstić information content (AvgIpc) is 3.10. The van der Waals surface area contributed by atoms with E-state index in [2.05, 4.69) is 10.1 Å². The number of carboxylic acids is 1. The van der Waals surface area contributed by atoms with E-state index in [1.807, 2.05) is 0 Å². The molecule has 1 aliphatic rings. The molecule has 2 heterocycles. The van der Waals surface area contributed by atoms with Crippen LogP contribution in [-0.2, 0) is 20.8 Å². The van der Waals surface area contributed by atoms with Crippen LogP contribution in [0.4, 0.5) is 5.13 Å². The third kappa shape index (κ3) is 4.75. The second-order valence-electron chi connectivity index (χ2n) is 6.45. The van der Waals surface area contributed by atoms with Gasteiger partial charge in [-0.15, -0.1) is 11.3 Å². The molecule has 1 amide bonds. The molecule has 13 heteroatoms. The van der Waals surface area contributed by atoms with Crippen LogP contribution in [0, 0.1) is 0 Å².